The molecular formula is C16H18N4O. The standard InChI is InChI=1S/C16H18N4O/c1-10(11(2)17-3)16-19-15(20-21-16)13-6-7-14-12(9-13)5-4-8-18-14/h4-11,17H,1-3H3. The van der Waals surface area contributed by atoms with Crippen LogP contribution in [0.15, 0.2) is 41.1 Å². The molecule has 5 heteroatoms. The number of aromatic nitrogens is 3. The van der Waals surface area contributed by atoms with E-state index >= 15 is 0 Å². The molecule has 0 fully saturated rings. The minimum atomic E-state index is 0.165. The highest BCUT2D eigenvalue weighted by molar-refractivity contribution is 5.82. The number of hydrogen-bond donors (Lipinski definition) is 1. The van der Waals surface area contributed by atoms with Crippen molar-refractivity contribution >= 4 is 10.9 Å². The van der Waals surface area contributed by atoms with Gasteiger partial charge in [-0.2, -0.15) is 4.98 Å². The van der Waals surface area contributed by atoms with Gasteiger partial charge in [0.15, 0.2) is 0 Å². The molecule has 0 saturated heterocycles. The van der Waals surface area contributed by atoms with E-state index in [1.807, 2.05) is 37.4 Å². The van der Waals surface area contributed by atoms with Gasteiger partial charge in [0, 0.05) is 23.2 Å². The number of fused-ring (bicyclic) bond motifs is 1. The van der Waals surface area contributed by atoms with Crippen molar-refractivity contribution in [1.82, 2.24) is 20.4 Å². The van der Waals surface area contributed by atoms with Crippen LogP contribution in [0, 0.1) is 0 Å². The van der Waals surface area contributed by atoms with Gasteiger partial charge in [-0.1, -0.05) is 18.1 Å². The lowest BCUT2D eigenvalue weighted by Gasteiger charge is -2.14. The predicted molar refractivity (Wildman–Crippen MR) is 82.0 cm³/mol. The van der Waals surface area contributed by atoms with Gasteiger partial charge in [0.25, 0.3) is 0 Å². The average molecular weight is 282 g/mol. The maximum Gasteiger partial charge on any atom is 0.231 e. The summed E-state index contributed by atoms with van der Waals surface area (Å²) in [5.41, 5.74) is 1.90. The molecule has 1 aromatic carbocycles. The van der Waals surface area contributed by atoms with Crippen molar-refractivity contribution in [3.63, 3.8) is 0 Å². The van der Waals surface area contributed by atoms with Gasteiger partial charge in [-0.3, -0.25) is 4.98 Å². The molecular weight excluding hydrogens is 264 g/mol. The van der Waals surface area contributed by atoms with Crippen molar-refractivity contribution in [3.8, 4) is 11.4 Å². The molecule has 2 heterocycles. The van der Waals surface area contributed by atoms with Crippen molar-refractivity contribution in [2.24, 2.45) is 0 Å². The fraction of sp³-hybridized carbons (Fsp3) is 0.312. The molecule has 0 amide bonds. The van der Waals surface area contributed by atoms with E-state index in [1.54, 1.807) is 6.20 Å². The van der Waals surface area contributed by atoms with E-state index in [-0.39, 0.29) is 12.0 Å². The van der Waals surface area contributed by atoms with E-state index in [0.717, 1.165) is 16.5 Å². The van der Waals surface area contributed by atoms with Gasteiger partial charge in [0.2, 0.25) is 11.7 Å². The highest BCUT2D eigenvalue weighted by Gasteiger charge is 2.20. The Labute approximate surface area is 123 Å². The maximum atomic E-state index is 5.40. The molecule has 0 saturated carbocycles. The van der Waals surface area contributed by atoms with Gasteiger partial charge in [-0.05, 0) is 38.2 Å². The number of likely N-dealkylation sites (N-methyl/N-ethyl adjacent to an activating group) is 1. The molecule has 2 atom stereocenters. The third-order valence-corrected chi connectivity index (χ3v) is 3.90. The second kappa shape index (κ2) is 5.61. The third kappa shape index (κ3) is 2.64. The molecule has 2 unspecified atom stereocenters. The van der Waals surface area contributed by atoms with E-state index in [9.17, 15) is 0 Å². The van der Waals surface area contributed by atoms with Crippen LogP contribution < -0.4 is 5.32 Å². The molecule has 3 rings (SSSR count). The molecule has 0 radical (unpaired) electrons. The smallest absolute Gasteiger partial charge is 0.231 e. The van der Waals surface area contributed by atoms with Crippen LogP contribution in [-0.4, -0.2) is 28.2 Å². The Morgan fingerprint density at radius 3 is 2.86 bits per heavy atom. The molecule has 0 spiro atoms. The van der Waals surface area contributed by atoms with Crippen molar-refractivity contribution in [2.45, 2.75) is 25.8 Å². The first-order valence-electron chi connectivity index (χ1n) is 7.05. The van der Waals surface area contributed by atoms with Gasteiger partial charge < -0.3 is 9.84 Å². The minimum absolute atomic E-state index is 0.165. The van der Waals surface area contributed by atoms with Crippen LogP contribution in [0.25, 0.3) is 22.3 Å². The second-order valence-corrected chi connectivity index (χ2v) is 5.23. The number of benzene rings is 1. The summed E-state index contributed by atoms with van der Waals surface area (Å²) in [5.74, 6) is 1.43. The average Bonchev–Trinajstić information content (AvgIpc) is 3.02. The topological polar surface area (TPSA) is 63.8 Å². The van der Waals surface area contributed by atoms with E-state index in [1.165, 1.54) is 0 Å². The summed E-state index contributed by atoms with van der Waals surface area (Å²) in [5, 5.41) is 8.36. The summed E-state index contributed by atoms with van der Waals surface area (Å²) in [6.45, 7) is 4.17. The van der Waals surface area contributed by atoms with Crippen molar-refractivity contribution in [3.05, 3.63) is 42.4 Å². The molecule has 21 heavy (non-hydrogen) atoms. The summed E-state index contributed by atoms with van der Waals surface area (Å²) < 4.78 is 5.40. The number of hydrogen-bond acceptors (Lipinski definition) is 5. The molecule has 0 aliphatic rings. The number of pyridine rings is 1. The second-order valence-electron chi connectivity index (χ2n) is 5.23. The van der Waals surface area contributed by atoms with Crippen molar-refractivity contribution < 1.29 is 4.52 Å². The zero-order valence-corrected chi connectivity index (χ0v) is 12.4. The Hall–Kier alpha value is -2.27. The van der Waals surface area contributed by atoms with Crippen LogP contribution in [0.1, 0.15) is 25.7 Å². The van der Waals surface area contributed by atoms with Gasteiger partial charge >= 0.3 is 0 Å². The lowest BCUT2D eigenvalue weighted by molar-refractivity contribution is 0.336. The number of rotatable bonds is 4. The van der Waals surface area contributed by atoms with E-state index in [0.29, 0.717) is 11.7 Å². The molecule has 1 N–H and O–H groups in total. The minimum Gasteiger partial charge on any atom is -0.339 e. The fourth-order valence-electron chi connectivity index (χ4n) is 2.22. The molecule has 0 bridgehead atoms. The van der Waals surface area contributed by atoms with Crippen LogP contribution in [0.5, 0.6) is 0 Å². The Morgan fingerprint density at radius 1 is 1.19 bits per heavy atom. The zero-order chi connectivity index (χ0) is 14.8. The SMILES string of the molecule is CNC(C)C(C)c1nc(-c2ccc3ncccc3c2)no1. The van der Waals surface area contributed by atoms with Gasteiger partial charge in [-0.15, -0.1) is 0 Å². The van der Waals surface area contributed by atoms with Crippen LogP contribution in [0.2, 0.25) is 0 Å². The number of nitrogens with one attached hydrogen (secondary N) is 1. The highest BCUT2D eigenvalue weighted by Crippen LogP contribution is 2.24. The molecule has 5 nitrogen and oxygen atoms in total. The first-order valence-corrected chi connectivity index (χ1v) is 7.05. The maximum absolute atomic E-state index is 5.40. The molecule has 0 aliphatic heterocycles. The Balaban J connectivity index is 1.94. The van der Waals surface area contributed by atoms with Gasteiger partial charge in [0.05, 0.1) is 11.4 Å². The highest BCUT2D eigenvalue weighted by atomic mass is 16.5. The predicted octanol–water partition coefficient (Wildman–Crippen LogP) is 3.00. The fourth-order valence-corrected chi connectivity index (χ4v) is 2.22. The Kier molecular flexibility index (Phi) is 3.66. The monoisotopic (exact) mass is 282 g/mol. The first kappa shape index (κ1) is 13.7. The van der Waals surface area contributed by atoms with Crippen LogP contribution in [-0.2, 0) is 0 Å². The normalized spacial score (nSPS) is 14.2. The van der Waals surface area contributed by atoms with Crippen molar-refractivity contribution in [2.75, 3.05) is 7.05 Å². The van der Waals surface area contributed by atoms with Gasteiger partial charge in [0.1, 0.15) is 0 Å². The van der Waals surface area contributed by atoms with E-state index in [2.05, 4.69) is 34.3 Å². The first-order chi connectivity index (χ1) is 10.2. The van der Waals surface area contributed by atoms with Crippen LogP contribution >= 0.6 is 0 Å². The van der Waals surface area contributed by atoms with Gasteiger partial charge in [-0.25, -0.2) is 0 Å². The summed E-state index contributed by atoms with van der Waals surface area (Å²) in [4.78, 5) is 8.83. The van der Waals surface area contributed by atoms with E-state index in [4.69, 9.17) is 4.52 Å². The summed E-state index contributed by atoms with van der Waals surface area (Å²) in [6.07, 6.45) is 1.79. The molecule has 108 valence electrons. The zero-order valence-electron chi connectivity index (χ0n) is 12.4. The Bertz CT molecular complexity index is 753. The molecule has 3 aromatic rings. The van der Waals surface area contributed by atoms with Crippen molar-refractivity contribution in [1.29, 1.82) is 0 Å². The lowest BCUT2D eigenvalue weighted by atomic mass is 10.0. The van der Waals surface area contributed by atoms with Crippen LogP contribution in [0.4, 0.5) is 0 Å². The largest absolute Gasteiger partial charge is 0.339 e. The van der Waals surface area contributed by atoms with E-state index < -0.39 is 0 Å². The summed E-state index contributed by atoms with van der Waals surface area (Å²) in [6, 6.07) is 10.2. The van der Waals surface area contributed by atoms with Crippen LogP contribution in [0.3, 0.4) is 0 Å². The lowest BCUT2D eigenvalue weighted by Crippen LogP contribution is -2.27. The Morgan fingerprint density at radius 2 is 2.05 bits per heavy atom. The molecule has 0 aliphatic carbocycles. The summed E-state index contributed by atoms with van der Waals surface area (Å²) >= 11 is 0. The third-order valence-electron chi connectivity index (χ3n) is 3.90. The quantitative estimate of drug-likeness (QED) is 0.797. The number of nitrogens with zero attached hydrogens (tertiary/aromatic N) is 3. The molecule has 2 aromatic heterocycles. The summed E-state index contributed by atoms with van der Waals surface area (Å²) in [7, 11) is 1.93.